The van der Waals surface area contributed by atoms with Crippen LogP contribution >= 0.6 is 0 Å². The Labute approximate surface area is 227 Å². The molecule has 7 heteroatoms. The zero-order valence-electron chi connectivity index (χ0n) is 23.5. The van der Waals surface area contributed by atoms with Crippen molar-refractivity contribution in [3.8, 4) is 0 Å². The SMILES string of the molecule is CC12CC3CC(OCC(O)COC45CC6CC(C)(C4)CC(OCC4CO4)(C6)C5)(C1)CC(OCC1CO1)(C3)C2. The Morgan fingerprint density at radius 2 is 0.974 bits per heavy atom. The van der Waals surface area contributed by atoms with Crippen LogP contribution in [-0.2, 0) is 28.4 Å². The average molecular weight is 533 g/mol. The molecule has 8 saturated carbocycles. The highest BCUT2D eigenvalue weighted by atomic mass is 16.6. The Bertz CT molecular complexity index is 879. The third kappa shape index (κ3) is 4.70. The monoisotopic (exact) mass is 532 g/mol. The highest BCUT2D eigenvalue weighted by molar-refractivity contribution is 5.16. The van der Waals surface area contributed by atoms with Gasteiger partial charge in [0.25, 0.3) is 0 Å². The molecule has 0 aromatic carbocycles. The van der Waals surface area contributed by atoms with Crippen LogP contribution in [-0.4, -0.2) is 85.5 Å². The van der Waals surface area contributed by atoms with Gasteiger partial charge in [0.05, 0.1) is 62.0 Å². The van der Waals surface area contributed by atoms with Gasteiger partial charge >= 0.3 is 0 Å². The molecule has 0 amide bonds. The van der Waals surface area contributed by atoms with Gasteiger partial charge < -0.3 is 33.5 Å². The van der Waals surface area contributed by atoms with E-state index in [9.17, 15) is 5.11 Å². The predicted molar refractivity (Wildman–Crippen MR) is 139 cm³/mol. The van der Waals surface area contributed by atoms with E-state index >= 15 is 0 Å². The summed E-state index contributed by atoms with van der Waals surface area (Å²) in [7, 11) is 0. The van der Waals surface area contributed by atoms with Crippen molar-refractivity contribution in [3.63, 3.8) is 0 Å². The van der Waals surface area contributed by atoms with Crippen molar-refractivity contribution >= 4 is 0 Å². The third-order valence-electron chi connectivity index (χ3n) is 11.6. The number of epoxide rings is 2. The maximum Gasteiger partial charge on any atom is 0.104 e. The molecule has 10 aliphatic rings. The quantitative estimate of drug-likeness (QED) is 0.378. The average Bonchev–Trinajstić information content (AvgIpc) is 3.70. The second kappa shape index (κ2) is 8.39. The summed E-state index contributed by atoms with van der Waals surface area (Å²) in [6, 6.07) is 0. The number of rotatable bonds is 12. The summed E-state index contributed by atoms with van der Waals surface area (Å²) >= 11 is 0. The maximum absolute atomic E-state index is 11.1. The van der Waals surface area contributed by atoms with Gasteiger partial charge in [0.2, 0.25) is 0 Å². The van der Waals surface area contributed by atoms with Gasteiger partial charge in [-0.25, -0.2) is 0 Å². The van der Waals surface area contributed by atoms with Crippen LogP contribution in [0.5, 0.6) is 0 Å². The molecule has 8 bridgehead atoms. The van der Waals surface area contributed by atoms with E-state index in [1.54, 1.807) is 0 Å². The fourth-order valence-corrected chi connectivity index (χ4v) is 11.6. The van der Waals surface area contributed by atoms with Crippen molar-refractivity contribution in [2.45, 2.75) is 132 Å². The predicted octanol–water partition coefficient (Wildman–Crippen LogP) is 4.17. The Kier molecular flexibility index (Phi) is 5.62. The lowest BCUT2D eigenvalue weighted by Gasteiger charge is -2.65. The van der Waals surface area contributed by atoms with E-state index in [4.69, 9.17) is 28.4 Å². The molecule has 2 heterocycles. The highest BCUT2D eigenvalue weighted by Crippen LogP contribution is 2.66. The molecule has 1 N–H and O–H groups in total. The van der Waals surface area contributed by atoms with Crippen molar-refractivity contribution in [2.24, 2.45) is 22.7 Å². The minimum absolute atomic E-state index is 0.0734. The molecular weight excluding hydrogens is 484 g/mol. The fraction of sp³-hybridized carbons (Fsp3) is 1.00. The van der Waals surface area contributed by atoms with Crippen LogP contribution in [0, 0.1) is 22.7 Å². The zero-order chi connectivity index (χ0) is 25.9. The van der Waals surface area contributed by atoms with E-state index in [0.29, 0.717) is 37.3 Å². The molecule has 10 rings (SSSR count). The van der Waals surface area contributed by atoms with Crippen LogP contribution in [0.25, 0.3) is 0 Å². The first kappa shape index (κ1) is 25.4. The zero-order valence-corrected chi connectivity index (χ0v) is 23.5. The molecule has 10 atom stereocenters. The lowest BCUT2D eigenvalue weighted by molar-refractivity contribution is -0.274. The highest BCUT2D eigenvalue weighted by Gasteiger charge is 2.65. The summed E-state index contributed by atoms with van der Waals surface area (Å²) in [6.07, 6.45) is 13.5. The molecular formula is C31H48O7. The van der Waals surface area contributed by atoms with Crippen molar-refractivity contribution in [1.29, 1.82) is 0 Å². The molecule has 8 aliphatic carbocycles. The van der Waals surface area contributed by atoms with Crippen molar-refractivity contribution in [3.05, 3.63) is 0 Å². The second-order valence-corrected chi connectivity index (χ2v) is 16.2. The molecule has 0 radical (unpaired) electrons. The molecule has 10 fully saturated rings. The molecule has 2 saturated heterocycles. The Hall–Kier alpha value is -0.280. The van der Waals surface area contributed by atoms with Crippen LogP contribution in [0.3, 0.4) is 0 Å². The Morgan fingerprint density at radius 1 is 0.605 bits per heavy atom. The number of hydrogen-bond acceptors (Lipinski definition) is 7. The molecule has 38 heavy (non-hydrogen) atoms. The van der Waals surface area contributed by atoms with Crippen LogP contribution in [0.15, 0.2) is 0 Å². The van der Waals surface area contributed by atoms with Gasteiger partial charge in [-0.1, -0.05) is 13.8 Å². The third-order valence-corrected chi connectivity index (χ3v) is 11.6. The van der Waals surface area contributed by atoms with Crippen LogP contribution in [0.4, 0.5) is 0 Å². The normalized spacial score (nSPS) is 56.0. The summed E-state index contributed by atoms with van der Waals surface area (Å²) in [6.45, 7) is 8.68. The van der Waals surface area contributed by atoms with Gasteiger partial charge in [0, 0.05) is 12.8 Å². The number of ether oxygens (including phenoxy) is 6. The first-order valence-corrected chi connectivity index (χ1v) is 15.5. The smallest absolute Gasteiger partial charge is 0.104 e. The van der Waals surface area contributed by atoms with Gasteiger partial charge in [0.15, 0.2) is 0 Å². The van der Waals surface area contributed by atoms with Crippen LogP contribution < -0.4 is 0 Å². The fourth-order valence-electron chi connectivity index (χ4n) is 11.6. The minimum atomic E-state index is -0.606. The number of hydrogen-bond donors (Lipinski definition) is 1. The largest absolute Gasteiger partial charge is 0.388 e. The van der Waals surface area contributed by atoms with E-state index in [1.165, 1.54) is 12.8 Å². The first-order chi connectivity index (χ1) is 18.1. The Balaban J connectivity index is 0.903. The first-order valence-electron chi connectivity index (χ1n) is 15.5. The molecule has 10 unspecified atom stereocenters. The summed E-state index contributed by atoms with van der Waals surface area (Å²) in [4.78, 5) is 0. The lowest BCUT2D eigenvalue weighted by Crippen LogP contribution is -2.65. The van der Waals surface area contributed by atoms with E-state index in [-0.39, 0.29) is 33.2 Å². The molecule has 2 aliphatic heterocycles. The molecule has 0 aromatic rings. The Morgan fingerprint density at radius 3 is 1.32 bits per heavy atom. The molecule has 7 nitrogen and oxygen atoms in total. The van der Waals surface area contributed by atoms with Crippen molar-refractivity contribution in [1.82, 2.24) is 0 Å². The topological polar surface area (TPSA) is 82.2 Å². The van der Waals surface area contributed by atoms with Crippen LogP contribution in [0.1, 0.15) is 90.9 Å². The maximum atomic E-state index is 11.1. The van der Waals surface area contributed by atoms with Crippen molar-refractivity contribution < 1.29 is 33.5 Å². The standard InChI is InChI=1S/C31H48O7/c1-26-3-21-5-28(15-26,19-30(7-21,17-26)37-13-24-11-33-24)35-9-23(32)10-36-29-6-22-4-27(2,16-29)18-31(8-22,20-29)38-14-25-12-34-25/h21-25,32H,3-20H2,1-2H3. The molecule has 214 valence electrons. The van der Waals surface area contributed by atoms with Crippen molar-refractivity contribution in [2.75, 3.05) is 39.6 Å². The lowest BCUT2D eigenvalue weighted by atomic mass is 9.46. The summed E-state index contributed by atoms with van der Waals surface area (Å²) in [5, 5.41) is 11.1. The van der Waals surface area contributed by atoms with E-state index in [0.717, 1.165) is 90.6 Å². The van der Waals surface area contributed by atoms with Crippen LogP contribution in [0.2, 0.25) is 0 Å². The van der Waals surface area contributed by atoms with E-state index in [2.05, 4.69) is 13.8 Å². The number of aliphatic hydroxyl groups excluding tert-OH is 1. The van der Waals surface area contributed by atoms with Gasteiger partial charge in [-0.2, -0.15) is 0 Å². The summed E-state index contributed by atoms with van der Waals surface area (Å²) < 4.78 is 37.5. The summed E-state index contributed by atoms with van der Waals surface area (Å²) in [5.74, 6) is 1.32. The second-order valence-electron chi connectivity index (χ2n) is 16.2. The molecule has 0 spiro atoms. The number of aliphatic hydroxyl groups is 1. The van der Waals surface area contributed by atoms with E-state index in [1.807, 2.05) is 0 Å². The van der Waals surface area contributed by atoms with Gasteiger partial charge in [0.1, 0.15) is 18.3 Å². The van der Waals surface area contributed by atoms with Gasteiger partial charge in [-0.3, -0.25) is 0 Å². The summed E-state index contributed by atoms with van der Waals surface area (Å²) in [5.41, 5.74) is 0.0680. The van der Waals surface area contributed by atoms with E-state index < -0.39 is 6.10 Å². The van der Waals surface area contributed by atoms with Gasteiger partial charge in [-0.15, -0.1) is 0 Å². The van der Waals surface area contributed by atoms with Gasteiger partial charge in [-0.05, 0) is 86.9 Å². The molecule has 0 aromatic heterocycles. The minimum Gasteiger partial charge on any atom is -0.388 e.